The molecule has 0 unspecified atom stereocenters. The summed E-state index contributed by atoms with van der Waals surface area (Å²) in [4.78, 5) is 15.4. The minimum atomic E-state index is -0.0492. The molecule has 0 spiro atoms. The van der Waals surface area contributed by atoms with E-state index in [2.05, 4.69) is 10.3 Å². The number of hydrogen-bond acceptors (Lipinski definition) is 4. The number of pyridine rings is 1. The second-order valence-corrected chi connectivity index (χ2v) is 3.30. The first-order valence-electron chi connectivity index (χ1n) is 4.24. The predicted molar refractivity (Wildman–Crippen MR) is 56.5 cm³/mol. The summed E-state index contributed by atoms with van der Waals surface area (Å²) >= 11 is 5.71. The first-order chi connectivity index (χ1) is 6.65. The molecule has 14 heavy (non-hydrogen) atoms. The zero-order valence-electron chi connectivity index (χ0n) is 7.88. The fourth-order valence-electron chi connectivity index (χ4n) is 1.05. The van der Waals surface area contributed by atoms with Crippen LogP contribution in [-0.4, -0.2) is 24.4 Å². The molecule has 5 heteroatoms. The summed E-state index contributed by atoms with van der Waals surface area (Å²) in [6.45, 7) is 0.616. The second-order valence-electron chi connectivity index (χ2n) is 2.86. The van der Waals surface area contributed by atoms with Crippen molar-refractivity contribution in [3.8, 4) is 0 Å². The second kappa shape index (κ2) is 4.93. The molecule has 0 radical (unpaired) electrons. The Morgan fingerprint density at radius 1 is 1.71 bits per heavy atom. The van der Waals surface area contributed by atoms with Gasteiger partial charge < -0.3 is 11.1 Å². The van der Waals surface area contributed by atoms with E-state index in [1.165, 1.54) is 6.20 Å². The highest BCUT2D eigenvalue weighted by Gasteiger charge is 2.10. The number of ketones is 1. The van der Waals surface area contributed by atoms with Gasteiger partial charge in [0.25, 0.3) is 0 Å². The number of carbonyl (C=O) groups excluding carboxylic acids is 1. The fraction of sp³-hybridized carbons (Fsp3) is 0.333. The molecule has 76 valence electrons. The first kappa shape index (κ1) is 10.9. The van der Waals surface area contributed by atoms with Crippen LogP contribution >= 0.6 is 11.6 Å². The lowest BCUT2D eigenvalue weighted by molar-refractivity contribution is 0.0984. The number of carbonyl (C=O) groups is 1. The van der Waals surface area contributed by atoms with Crippen molar-refractivity contribution in [2.45, 2.75) is 6.42 Å². The van der Waals surface area contributed by atoms with Gasteiger partial charge in [-0.25, -0.2) is 4.98 Å². The van der Waals surface area contributed by atoms with Gasteiger partial charge in [0.15, 0.2) is 5.78 Å². The van der Waals surface area contributed by atoms with Crippen molar-refractivity contribution in [3.05, 3.63) is 22.8 Å². The third-order valence-corrected chi connectivity index (χ3v) is 1.99. The Morgan fingerprint density at radius 2 is 2.43 bits per heavy atom. The van der Waals surface area contributed by atoms with Crippen LogP contribution in [0.2, 0.25) is 5.02 Å². The molecule has 1 heterocycles. The van der Waals surface area contributed by atoms with Gasteiger partial charge in [-0.15, -0.1) is 0 Å². The molecule has 1 rings (SSSR count). The zero-order chi connectivity index (χ0) is 10.6. The quantitative estimate of drug-likeness (QED) is 0.736. The Balaban J connectivity index is 2.83. The predicted octanol–water partition coefficient (Wildman–Crippen LogP) is 1.11. The molecule has 0 saturated carbocycles. The molecule has 0 amide bonds. The third kappa shape index (κ3) is 2.68. The zero-order valence-corrected chi connectivity index (χ0v) is 8.64. The Kier molecular flexibility index (Phi) is 3.85. The van der Waals surface area contributed by atoms with Gasteiger partial charge in [0.1, 0.15) is 5.82 Å². The van der Waals surface area contributed by atoms with Crippen LogP contribution in [0.5, 0.6) is 0 Å². The van der Waals surface area contributed by atoms with Crippen LogP contribution in [0, 0.1) is 0 Å². The lowest BCUT2D eigenvalue weighted by atomic mass is 10.1. The molecule has 4 nitrogen and oxygen atoms in total. The van der Waals surface area contributed by atoms with Crippen LogP contribution in [0.1, 0.15) is 16.8 Å². The normalized spacial score (nSPS) is 10.1. The maximum Gasteiger partial charge on any atom is 0.167 e. The molecule has 0 aliphatic heterocycles. The number of nitrogen functional groups attached to an aromatic ring is 1. The molecular formula is C9H12ClN3O. The largest absolute Gasteiger partial charge is 0.383 e. The highest BCUT2D eigenvalue weighted by Crippen LogP contribution is 2.16. The summed E-state index contributed by atoms with van der Waals surface area (Å²) in [6, 6.07) is 1.54. The van der Waals surface area contributed by atoms with E-state index in [0.717, 1.165) is 0 Å². The molecule has 0 aromatic carbocycles. The number of anilines is 1. The van der Waals surface area contributed by atoms with Crippen molar-refractivity contribution in [1.29, 1.82) is 0 Å². The summed E-state index contributed by atoms with van der Waals surface area (Å²) in [5, 5.41) is 3.31. The number of nitrogens with two attached hydrogens (primary N) is 1. The molecular weight excluding hydrogens is 202 g/mol. The van der Waals surface area contributed by atoms with E-state index in [0.29, 0.717) is 23.6 Å². The van der Waals surface area contributed by atoms with E-state index in [1.807, 2.05) is 0 Å². The number of halogens is 1. The maximum atomic E-state index is 11.6. The summed E-state index contributed by atoms with van der Waals surface area (Å²) in [5.74, 6) is 0.183. The topological polar surface area (TPSA) is 68.0 Å². The number of nitrogens with one attached hydrogen (secondary N) is 1. The van der Waals surface area contributed by atoms with Crippen molar-refractivity contribution in [2.24, 2.45) is 0 Å². The number of Topliss-reactive ketones (excluding diaryl/α,β-unsaturated/α-hetero) is 1. The van der Waals surface area contributed by atoms with Crippen molar-refractivity contribution in [2.75, 3.05) is 19.3 Å². The average molecular weight is 214 g/mol. The Hall–Kier alpha value is -1.13. The van der Waals surface area contributed by atoms with E-state index in [-0.39, 0.29) is 11.6 Å². The highest BCUT2D eigenvalue weighted by molar-refractivity contribution is 6.31. The monoisotopic (exact) mass is 213 g/mol. The third-order valence-electron chi connectivity index (χ3n) is 1.79. The van der Waals surface area contributed by atoms with Crippen LogP contribution in [0.3, 0.4) is 0 Å². The molecule has 1 aromatic heterocycles. The molecule has 3 N–H and O–H groups in total. The highest BCUT2D eigenvalue weighted by atomic mass is 35.5. The van der Waals surface area contributed by atoms with Crippen molar-refractivity contribution >= 4 is 23.2 Å². The number of aromatic nitrogens is 1. The van der Waals surface area contributed by atoms with Gasteiger partial charge in [-0.05, 0) is 13.1 Å². The van der Waals surface area contributed by atoms with E-state index < -0.39 is 0 Å². The molecule has 0 saturated heterocycles. The minimum absolute atomic E-state index is 0.0492. The van der Waals surface area contributed by atoms with Crippen LogP contribution in [0.4, 0.5) is 5.82 Å². The van der Waals surface area contributed by atoms with Gasteiger partial charge in [0.2, 0.25) is 0 Å². The van der Waals surface area contributed by atoms with Gasteiger partial charge in [-0.3, -0.25) is 4.79 Å². The van der Waals surface area contributed by atoms with E-state index in [4.69, 9.17) is 17.3 Å². The van der Waals surface area contributed by atoms with Gasteiger partial charge in [0, 0.05) is 19.2 Å². The summed E-state index contributed by atoms with van der Waals surface area (Å²) < 4.78 is 0. The Bertz CT molecular complexity index is 341. The molecule has 0 bridgehead atoms. The van der Waals surface area contributed by atoms with E-state index >= 15 is 0 Å². The van der Waals surface area contributed by atoms with E-state index in [1.54, 1.807) is 13.1 Å². The lowest BCUT2D eigenvalue weighted by Gasteiger charge is -2.03. The van der Waals surface area contributed by atoms with Gasteiger partial charge in [-0.1, -0.05) is 11.6 Å². The SMILES string of the molecule is CNCCC(=O)c1cc(Cl)cnc1N. The van der Waals surface area contributed by atoms with Gasteiger partial charge >= 0.3 is 0 Å². The number of nitrogens with zero attached hydrogens (tertiary/aromatic N) is 1. The van der Waals surface area contributed by atoms with Crippen LogP contribution in [0.15, 0.2) is 12.3 Å². The molecule has 0 aliphatic carbocycles. The van der Waals surface area contributed by atoms with Crippen molar-refractivity contribution in [3.63, 3.8) is 0 Å². The van der Waals surface area contributed by atoms with Crippen LogP contribution in [0.25, 0.3) is 0 Å². The maximum absolute atomic E-state index is 11.6. The Morgan fingerprint density at radius 3 is 3.07 bits per heavy atom. The molecule has 0 fully saturated rings. The fourth-order valence-corrected chi connectivity index (χ4v) is 1.20. The minimum Gasteiger partial charge on any atom is -0.383 e. The number of hydrogen-bond donors (Lipinski definition) is 2. The first-order valence-corrected chi connectivity index (χ1v) is 4.61. The van der Waals surface area contributed by atoms with Crippen LogP contribution in [-0.2, 0) is 0 Å². The summed E-state index contributed by atoms with van der Waals surface area (Å²) in [5.41, 5.74) is 5.95. The Labute approximate surface area is 87.5 Å². The van der Waals surface area contributed by atoms with Crippen molar-refractivity contribution < 1.29 is 4.79 Å². The average Bonchev–Trinajstić information content (AvgIpc) is 2.18. The summed E-state index contributed by atoms with van der Waals surface area (Å²) in [6.07, 6.45) is 1.81. The number of rotatable bonds is 4. The van der Waals surface area contributed by atoms with E-state index in [9.17, 15) is 4.79 Å². The molecule has 1 aromatic rings. The van der Waals surface area contributed by atoms with Crippen LogP contribution < -0.4 is 11.1 Å². The molecule has 0 atom stereocenters. The molecule has 0 aliphatic rings. The standard InChI is InChI=1S/C9H12ClN3O/c1-12-3-2-8(14)7-4-6(10)5-13-9(7)11/h4-5,12H,2-3H2,1H3,(H2,11,13). The van der Waals surface area contributed by atoms with Crippen molar-refractivity contribution in [1.82, 2.24) is 10.3 Å². The summed E-state index contributed by atoms with van der Waals surface area (Å²) in [7, 11) is 1.78. The van der Waals surface area contributed by atoms with Gasteiger partial charge in [0.05, 0.1) is 10.6 Å². The van der Waals surface area contributed by atoms with Gasteiger partial charge in [-0.2, -0.15) is 0 Å². The lowest BCUT2D eigenvalue weighted by Crippen LogP contribution is -2.14. The smallest absolute Gasteiger partial charge is 0.167 e.